The standard InChI is InChI=1S/C17H16N2O/c18-11-13-4-1-2-6-16(13)19-17-7-3-5-12-8-9-14(20)10-15(12)17/h1-2,4,6,8-10,17,19-20H,3,5,7H2. The number of fused-ring (bicyclic) bond motifs is 1. The molecule has 0 radical (unpaired) electrons. The molecule has 0 heterocycles. The first-order chi connectivity index (χ1) is 9.78. The molecule has 1 aliphatic rings. The lowest BCUT2D eigenvalue weighted by molar-refractivity contribution is 0.471. The van der Waals surface area contributed by atoms with Gasteiger partial charge in [0.15, 0.2) is 0 Å². The van der Waals surface area contributed by atoms with Gasteiger partial charge in [0.05, 0.1) is 17.3 Å². The van der Waals surface area contributed by atoms with Gasteiger partial charge in [0.1, 0.15) is 11.8 Å². The van der Waals surface area contributed by atoms with E-state index in [1.54, 1.807) is 6.07 Å². The highest BCUT2D eigenvalue weighted by Crippen LogP contribution is 2.35. The number of nitrogens with zero attached hydrogens (tertiary/aromatic N) is 1. The fraction of sp³-hybridized carbons (Fsp3) is 0.235. The van der Waals surface area contributed by atoms with Gasteiger partial charge in [-0.25, -0.2) is 0 Å². The van der Waals surface area contributed by atoms with Crippen molar-refractivity contribution in [1.82, 2.24) is 0 Å². The molecule has 20 heavy (non-hydrogen) atoms. The Kier molecular flexibility index (Phi) is 3.30. The van der Waals surface area contributed by atoms with Gasteiger partial charge in [0, 0.05) is 0 Å². The lowest BCUT2D eigenvalue weighted by Gasteiger charge is -2.27. The van der Waals surface area contributed by atoms with E-state index in [9.17, 15) is 5.11 Å². The summed E-state index contributed by atoms with van der Waals surface area (Å²) < 4.78 is 0. The zero-order chi connectivity index (χ0) is 13.9. The van der Waals surface area contributed by atoms with Gasteiger partial charge in [0.25, 0.3) is 0 Å². The first-order valence-corrected chi connectivity index (χ1v) is 6.85. The van der Waals surface area contributed by atoms with Gasteiger partial charge < -0.3 is 10.4 Å². The second-order valence-electron chi connectivity index (χ2n) is 5.13. The molecule has 2 aromatic rings. The quantitative estimate of drug-likeness (QED) is 0.868. The minimum Gasteiger partial charge on any atom is -0.508 e. The van der Waals surface area contributed by atoms with Crippen LogP contribution in [0.15, 0.2) is 42.5 Å². The number of hydrogen-bond acceptors (Lipinski definition) is 3. The minimum absolute atomic E-state index is 0.153. The highest BCUT2D eigenvalue weighted by atomic mass is 16.3. The first-order valence-electron chi connectivity index (χ1n) is 6.85. The van der Waals surface area contributed by atoms with E-state index in [0.29, 0.717) is 11.3 Å². The van der Waals surface area contributed by atoms with Crippen molar-refractivity contribution < 1.29 is 5.11 Å². The highest BCUT2D eigenvalue weighted by Gasteiger charge is 2.21. The molecule has 0 bridgehead atoms. The highest BCUT2D eigenvalue weighted by molar-refractivity contribution is 5.59. The maximum Gasteiger partial charge on any atom is 0.115 e. The van der Waals surface area contributed by atoms with E-state index >= 15 is 0 Å². The predicted molar refractivity (Wildman–Crippen MR) is 78.6 cm³/mol. The van der Waals surface area contributed by atoms with Crippen LogP contribution in [0.1, 0.15) is 35.6 Å². The van der Waals surface area contributed by atoms with Crippen molar-refractivity contribution >= 4 is 5.69 Å². The molecule has 0 spiro atoms. The van der Waals surface area contributed by atoms with Gasteiger partial charge in [-0.1, -0.05) is 18.2 Å². The molecule has 0 saturated carbocycles. The summed E-state index contributed by atoms with van der Waals surface area (Å²) in [6, 6.07) is 15.5. The van der Waals surface area contributed by atoms with Crippen molar-refractivity contribution in [3.8, 4) is 11.8 Å². The fourth-order valence-electron chi connectivity index (χ4n) is 2.83. The summed E-state index contributed by atoms with van der Waals surface area (Å²) in [4.78, 5) is 0. The smallest absolute Gasteiger partial charge is 0.115 e. The number of benzene rings is 2. The number of nitriles is 1. The van der Waals surface area contributed by atoms with Crippen LogP contribution in [0.25, 0.3) is 0 Å². The second-order valence-corrected chi connectivity index (χ2v) is 5.13. The van der Waals surface area contributed by atoms with Gasteiger partial charge in [-0.2, -0.15) is 5.26 Å². The molecule has 0 amide bonds. The van der Waals surface area contributed by atoms with Crippen molar-refractivity contribution in [3.63, 3.8) is 0 Å². The summed E-state index contributed by atoms with van der Waals surface area (Å²) in [7, 11) is 0. The van der Waals surface area contributed by atoms with E-state index < -0.39 is 0 Å². The monoisotopic (exact) mass is 264 g/mol. The molecule has 2 N–H and O–H groups in total. The maximum absolute atomic E-state index is 9.69. The molecule has 3 nitrogen and oxygen atoms in total. The molecule has 0 aromatic heterocycles. The van der Waals surface area contributed by atoms with Gasteiger partial charge >= 0.3 is 0 Å². The Labute approximate surface area is 118 Å². The van der Waals surface area contributed by atoms with Gasteiger partial charge in [-0.15, -0.1) is 0 Å². The molecule has 0 fully saturated rings. The molecule has 0 aliphatic heterocycles. The minimum atomic E-state index is 0.153. The van der Waals surface area contributed by atoms with Crippen LogP contribution in [-0.2, 0) is 6.42 Å². The van der Waals surface area contributed by atoms with Crippen molar-refractivity contribution in [2.45, 2.75) is 25.3 Å². The normalized spacial score (nSPS) is 17.1. The van der Waals surface area contributed by atoms with E-state index in [0.717, 1.165) is 30.5 Å². The number of phenols is 1. The van der Waals surface area contributed by atoms with Crippen molar-refractivity contribution in [2.75, 3.05) is 5.32 Å². The SMILES string of the molecule is N#Cc1ccccc1NC1CCCc2ccc(O)cc21. The molecule has 1 aliphatic carbocycles. The predicted octanol–water partition coefficient (Wildman–Crippen LogP) is 3.75. The summed E-state index contributed by atoms with van der Waals surface area (Å²) in [6.45, 7) is 0. The van der Waals surface area contributed by atoms with Crippen LogP contribution in [0.5, 0.6) is 5.75 Å². The number of aryl methyl sites for hydroxylation is 1. The Morgan fingerprint density at radius 1 is 1.20 bits per heavy atom. The Hall–Kier alpha value is -2.47. The van der Waals surface area contributed by atoms with Crippen LogP contribution in [0.4, 0.5) is 5.69 Å². The average molecular weight is 264 g/mol. The van der Waals surface area contributed by atoms with Crippen LogP contribution >= 0.6 is 0 Å². The molecule has 0 saturated heterocycles. The number of para-hydroxylation sites is 1. The second kappa shape index (κ2) is 5.26. The topological polar surface area (TPSA) is 56.0 Å². The lowest BCUT2D eigenvalue weighted by atomic mass is 9.87. The fourth-order valence-corrected chi connectivity index (χ4v) is 2.83. The summed E-state index contributed by atoms with van der Waals surface area (Å²) in [6.07, 6.45) is 3.17. The third kappa shape index (κ3) is 2.33. The molecule has 2 aromatic carbocycles. The van der Waals surface area contributed by atoms with Gasteiger partial charge in [-0.3, -0.25) is 0 Å². The largest absolute Gasteiger partial charge is 0.508 e. The molecule has 3 rings (SSSR count). The summed E-state index contributed by atoms with van der Waals surface area (Å²) >= 11 is 0. The molecular formula is C17H16N2O. The van der Waals surface area contributed by atoms with Crippen molar-refractivity contribution in [2.24, 2.45) is 0 Å². The Balaban J connectivity index is 1.94. The van der Waals surface area contributed by atoms with Crippen LogP contribution in [0, 0.1) is 11.3 Å². The van der Waals surface area contributed by atoms with Crippen LogP contribution < -0.4 is 5.32 Å². The number of rotatable bonds is 2. The Morgan fingerprint density at radius 3 is 2.90 bits per heavy atom. The van der Waals surface area contributed by atoms with Crippen molar-refractivity contribution in [3.05, 3.63) is 59.2 Å². The molecule has 1 unspecified atom stereocenters. The van der Waals surface area contributed by atoms with E-state index in [1.165, 1.54) is 5.56 Å². The zero-order valence-electron chi connectivity index (χ0n) is 11.1. The van der Waals surface area contributed by atoms with E-state index in [-0.39, 0.29) is 6.04 Å². The molecule has 1 atom stereocenters. The first kappa shape index (κ1) is 12.6. The number of hydrogen-bond donors (Lipinski definition) is 2. The van der Waals surface area contributed by atoms with E-state index in [4.69, 9.17) is 5.26 Å². The van der Waals surface area contributed by atoms with Crippen molar-refractivity contribution in [1.29, 1.82) is 5.26 Å². The summed E-state index contributed by atoms with van der Waals surface area (Å²) in [5.41, 5.74) is 3.93. The summed E-state index contributed by atoms with van der Waals surface area (Å²) in [5.74, 6) is 0.297. The number of anilines is 1. The Morgan fingerprint density at radius 2 is 2.05 bits per heavy atom. The molecule has 3 heteroatoms. The Bertz CT molecular complexity index is 673. The lowest BCUT2D eigenvalue weighted by Crippen LogP contribution is -2.17. The van der Waals surface area contributed by atoms with Gasteiger partial charge in [-0.05, 0) is 54.7 Å². The van der Waals surface area contributed by atoms with Crippen LogP contribution in [-0.4, -0.2) is 5.11 Å². The number of nitrogens with one attached hydrogen (secondary N) is 1. The summed E-state index contributed by atoms with van der Waals surface area (Å²) in [5, 5.41) is 22.3. The average Bonchev–Trinajstić information content (AvgIpc) is 2.48. The maximum atomic E-state index is 9.69. The van der Waals surface area contributed by atoms with Crippen LogP contribution in [0.3, 0.4) is 0 Å². The zero-order valence-corrected chi connectivity index (χ0v) is 11.1. The third-order valence-electron chi connectivity index (χ3n) is 3.82. The van der Waals surface area contributed by atoms with E-state index in [2.05, 4.69) is 11.4 Å². The number of phenolic OH excluding ortho intramolecular Hbond substituents is 1. The van der Waals surface area contributed by atoms with E-state index in [1.807, 2.05) is 36.4 Å². The number of aromatic hydroxyl groups is 1. The molecular weight excluding hydrogens is 248 g/mol. The molecule has 100 valence electrons. The third-order valence-corrected chi connectivity index (χ3v) is 3.82. The van der Waals surface area contributed by atoms with Crippen LogP contribution in [0.2, 0.25) is 0 Å². The van der Waals surface area contributed by atoms with Gasteiger partial charge in [0.2, 0.25) is 0 Å².